The molecule has 1 aromatic carbocycles. The minimum Gasteiger partial charge on any atom is -0.494 e. The van der Waals surface area contributed by atoms with E-state index in [1.54, 1.807) is 0 Å². The smallest absolute Gasteiger partial charge is 0.119 e. The molecular weight excluding hydrogens is 304 g/mol. The molecule has 4 heteroatoms. The van der Waals surface area contributed by atoms with Gasteiger partial charge in [-0.15, -0.1) is 0 Å². The molecule has 0 aliphatic carbocycles. The second-order valence-corrected chi connectivity index (χ2v) is 7.12. The molecule has 128 valence electrons. The Morgan fingerprint density at radius 3 is 2.57 bits per heavy atom. The number of hydrogen-bond donors (Lipinski definition) is 1. The Balaban J connectivity index is 1.65. The fourth-order valence-corrected chi connectivity index (χ4v) is 2.97. The molecule has 1 aliphatic heterocycles. The third-order valence-corrected chi connectivity index (χ3v) is 4.60. The average molecular weight is 335 g/mol. The lowest BCUT2D eigenvalue weighted by Crippen LogP contribution is -2.28. The number of rotatable bonds is 9. The van der Waals surface area contributed by atoms with E-state index >= 15 is 0 Å². The number of thiocarbonyl (C=S) groups is 1. The van der Waals surface area contributed by atoms with E-state index in [-0.39, 0.29) is 0 Å². The Labute approximate surface area is 146 Å². The molecule has 23 heavy (non-hydrogen) atoms. The fourth-order valence-electron chi connectivity index (χ4n) is 2.73. The normalized spacial score (nSPS) is 15.1. The van der Waals surface area contributed by atoms with Crippen LogP contribution in [0.1, 0.15) is 45.1 Å². The van der Waals surface area contributed by atoms with Gasteiger partial charge in [-0.05, 0) is 75.5 Å². The van der Waals surface area contributed by atoms with Crippen LogP contribution in [0.3, 0.4) is 0 Å². The van der Waals surface area contributed by atoms with Gasteiger partial charge in [0.25, 0.3) is 0 Å². The quantitative estimate of drug-likeness (QED) is 0.547. The summed E-state index contributed by atoms with van der Waals surface area (Å²) >= 11 is 5.47. The Morgan fingerprint density at radius 1 is 1.22 bits per heavy atom. The molecule has 1 aromatic rings. The van der Waals surface area contributed by atoms with Gasteiger partial charge < -0.3 is 15.0 Å². The summed E-state index contributed by atoms with van der Waals surface area (Å²) in [5.41, 5.74) is 1.07. The van der Waals surface area contributed by atoms with Crippen molar-refractivity contribution in [1.29, 1.82) is 0 Å². The standard InChI is InChI=1S/C19H30N2OS/c1-16(2)10-15-22-18-8-6-17(7-9-18)19(23)20-11-5-14-21-12-3-4-13-21/h6-9,16H,3-5,10-15H2,1-2H3,(H,20,23). The molecule has 0 radical (unpaired) electrons. The van der Waals surface area contributed by atoms with Gasteiger partial charge in [0.15, 0.2) is 0 Å². The van der Waals surface area contributed by atoms with Gasteiger partial charge >= 0.3 is 0 Å². The second-order valence-electron chi connectivity index (χ2n) is 6.71. The van der Waals surface area contributed by atoms with E-state index in [9.17, 15) is 0 Å². The summed E-state index contributed by atoms with van der Waals surface area (Å²) in [6, 6.07) is 8.10. The largest absolute Gasteiger partial charge is 0.494 e. The summed E-state index contributed by atoms with van der Waals surface area (Å²) in [5, 5.41) is 3.36. The van der Waals surface area contributed by atoms with Crippen LogP contribution in [0.4, 0.5) is 0 Å². The van der Waals surface area contributed by atoms with Crippen molar-refractivity contribution in [3.05, 3.63) is 29.8 Å². The van der Waals surface area contributed by atoms with Crippen LogP contribution < -0.4 is 10.1 Å². The van der Waals surface area contributed by atoms with E-state index in [0.29, 0.717) is 5.92 Å². The van der Waals surface area contributed by atoms with Crippen molar-refractivity contribution in [2.24, 2.45) is 5.92 Å². The average Bonchev–Trinajstić information content (AvgIpc) is 3.05. The van der Waals surface area contributed by atoms with Gasteiger partial charge in [0.2, 0.25) is 0 Å². The maximum atomic E-state index is 5.74. The third-order valence-electron chi connectivity index (χ3n) is 4.22. The van der Waals surface area contributed by atoms with Crippen molar-refractivity contribution in [1.82, 2.24) is 10.2 Å². The summed E-state index contributed by atoms with van der Waals surface area (Å²) in [6.45, 7) is 9.85. The van der Waals surface area contributed by atoms with E-state index < -0.39 is 0 Å². The molecule has 1 saturated heterocycles. The zero-order valence-corrected chi connectivity index (χ0v) is 15.3. The van der Waals surface area contributed by atoms with Gasteiger partial charge in [-0.2, -0.15) is 0 Å². The van der Waals surface area contributed by atoms with Crippen molar-refractivity contribution in [2.45, 2.75) is 39.5 Å². The highest BCUT2D eigenvalue weighted by atomic mass is 32.1. The summed E-state index contributed by atoms with van der Waals surface area (Å²) in [4.78, 5) is 3.37. The lowest BCUT2D eigenvalue weighted by molar-refractivity contribution is 0.289. The van der Waals surface area contributed by atoms with E-state index in [1.807, 2.05) is 24.3 Å². The van der Waals surface area contributed by atoms with E-state index in [2.05, 4.69) is 24.1 Å². The lowest BCUT2D eigenvalue weighted by atomic mass is 10.1. The zero-order valence-electron chi connectivity index (χ0n) is 14.5. The second kappa shape index (κ2) is 9.89. The van der Waals surface area contributed by atoms with Crippen LogP contribution in [0.15, 0.2) is 24.3 Å². The molecule has 1 fully saturated rings. The van der Waals surface area contributed by atoms with Crippen molar-refractivity contribution < 1.29 is 4.74 Å². The first-order chi connectivity index (χ1) is 11.1. The van der Waals surface area contributed by atoms with Crippen molar-refractivity contribution >= 4 is 17.2 Å². The number of hydrogen-bond acceptors (Lipinski definition) is 3. The fraction of sp³-hybridized carbons (Fsp3) is 0.632. The van der Waals surface area contributed by atoms with Crippen LogP contribution in [0.5, 0.6) is 5.75 Å². The van der Waals surface area contributed by atoms with Gasteiger partial charge in [-0.25, -0.2) is 0 Å². The predicted octanol–water partition coefficient (Wildman–Crippen LogP) is 3.86. The van der Waals surface area contributed by atoms with Crippen LogP contribution in [0.2, 0.25) is 0 Å². The minimum absolute atomic E-state index is 0.673. The predicted molar refractivity (Wildman–Crippen MR) is 101 cm³/mol. The molecule has 0 bridgehead atoms. The van der Waals surface area contributed by atoms with Gasteiger partial charge in [-0.3, -0.25) is 0 Å². The molecule has 1 aliphatic rings. The van der Waals surface area contributed by atoms with Gasteiger partial charge in [0, 0.05) is 12.1 Å². The molecular formula is C19H30N2OS. The number of nitrogens with zero attached hydrogens (tertiary/aromatic N) is 1. The summed E-state index contributed by atoms with van der Waals surface area (Å²) in [5.74, 6) is 1.60. The van der Waals surface area contributed by atoms with Crippen LogP contribution >= 0.6 is 12.2 Å². The van der Waals surface area contributed by atoms with Crippen LogP contribution in [-0.4, -0.2) is 42.7 Å². The summed E-state index contributed by atoms with van der Waals surface area (Å²) in [6.07, 6.45) is 4.95. The molecule has 1 N–H and O–H groups in total. The monoisotopic (exact) mass is 334 g/mol. The Bertz CT molecular complexity index is 467. The van der Waals surface area contributed by atoms with Crippen molar-refractivity contribution in [2.75, 3.05) is 32.8 Å². The molecule has 3 nitrogen and oxygen atoms in total. The molecule has 0 atom stereocenters. The Morgan fingerprint density at radius 2 is 1.91 bits per heavy atom. The number of likely N-dealkylation sites (tertiary alicyclic amines) is 1. The SMILES string of the molecule is CC(C)CCOc1ccc(C(=S)NCCCN2CCCC2)cc1. The van der Waals surface area contributed by atoms with Crippen LogP contribution in [0, 0.1) is 5.92 Å². The lowest BCUT2D eigenvalue weighted by Gasteiger charge is -2.15. The minimum atomic E-state index is 0.673. The maximum absolute atomic E-state index is 5.74. The van der Waals surface area contributed by atoms with Crippen LogP contribution in [0.25, 0.3) is 0 Å². The maximum Gasteiger partial charge on any atom is 0.119 e. The van der Waals surface area contributed by atoms with Gasteiger partial charge in [0.05, 0.1) is 6.61 Å². The first-order valence-corrected chi connectivity index (χ1v) is 9.29. The van der Waals surface area contributed by atoms with Gasteiger partial charge in [0.1, 0.15) is 10.7 Å². The highest BCUT2D eigenvalue weighted by Gasteiger charge is 2.10. The van der Waals surface area contributed by atoms with Crippen molar-refractivity contribution in [3.8, 4) is 5.75 Å². The highest BCUT2D eigenvalue weighted by molar-refractivity contribution is 7.80. The number of benzene rings is 1. The van der Waals surface area contributed by atoms with Crippen molar-refractivity contribution in [3.63, 3.8) is 0 Å². The first kappa shape index (κ1) is 18.2. The van der Waals surface area contributed by atoms with Gasteiger partial charge in [-0.1, -0.05) is 26.1 Å². The number of ether oxygens (including phenoxy) is 1. The molecule has 0 saturated carbocycles. The number of nitrogens with one attached hydrogen (secondary N) is 1. The zero-order chi connectivity index (χ0) is 16.5. The summed E-state index contributed by atoms with van der Waals surface area (Å²) < 4.78 is 5.74. The highest BCUT2D eigenvalue weighted by Crippen LogP contribution is 2.14. The summed E-state index contributed by atoms with van der Waals surface area (Å²) in [7, 11) is 0. The molecule has 2 rings (SSSR count). The van der Waals surface area contributed by atoms with E-state index in [4.69, 9.17) is 17.0 Å². The third kappa shape index (κ3) is 6.88. The molecule has 0 spiro atoms. The topological polar surface area (TPSA) is 24.5 Å². The molecule has 0 unspecified atom stereocenters. The molecule has 1 heterocycles. The van der Waals surface area contributed by atoms with E-state index in [0.717, 1.165) is 42.3 Å². The Hall–Kier alpha value is -1.13. The van der Waals surface area contributed by atoms with Crippen LogP contribution in [-0.2, 0) is 0 Å². The van der Waals surface area contributed by atoms with E-state index in [1.165, 1.54) is 32.5 Å². The Kier molecular flexibility index (Phi) is 7.83. The molecule has 0 aromatic heterocycles. The molecule has 0 amide bonds. The first-order valence-electron chi connectivity index (χ1n) is 8.88.